The number of sulfonamides is 2. The molecule has 1 aromatic carbocycles. The lowest BCUT2D eigenvalue weighted by Gasteiger charge is -2.23. The molecule has 2 saturated carbocycles. The topological polar surface area (TPSA) is 257 Å². The molecule has 0 bridgehead atoms. The molecule has 6 N–H and O–H groups in total. The van der Waals surface area contributed by atoms with E-state index >= 15 is 0 Å². The molecule has 1 saturated heterocycles. The van der Waals surface area contributed by atoms with E-state index in [-0.39, 0.29) is 54.2 Å². The average molecular weight is 803 g/mol. The highest BCUT2D eigenvalue weighted by Gasteiger charge is 2.44. The van der Waals surface area contributed by atoms with Crippen molar-refractivity contribution < 1.29 is 55.0 Å². The smallest absolute Gasteiger partial charge is 0.407 e. The minimum atomic E-state index is -3.51. The van der Waals surface area contributed by atoms with Crippen LogP contribution in [0.5, 0.6) is 0 Å². The zero-order valence-electron chi connectivity index (χ0n) is 30.9. The standard InChI is InChI=1S/C11H19N3O4S.C9H8FNO2.C9H13NO3S.C5H11NO2/c1-3-19(17,18)13(2)8-6-10(15)14-7-4-5-9(14)11(12)16;10-8-3-1-2-6-4-11(9(12)13)5-7(6)8;1-2-6-5-8(6)9(11)10-14(12,13)7-3-4-7;1-5(2,3)8-4(6)7/h3,9H,1,4-8H2,2H3,(H2,12,16);1-3H,4-5H2,(H,12,13);2,6-8H,1,3-5H2,(H,10,11);1-3H3,(H2,6,7)/t9-;;6-,8+;/m0.1./s1. The van der Waals surface area contributed by atoms with Crippen LogP contribution in [0.1, 0.15) is 70.4 Å². The number of nitrogens with two attached hydrogens (primary N) is 2. The van der Waals surface area contributed by atoms with Gasteiger partial charge in [0, 0.05) is 50.0 Å². The first-order valence-electron chi connectivity index (χ1n) is 17.0. The van der Waals surface area contributed by atoms with Crippen LogP contribution in [-0.4, -0.2) is 103 Å². The van der Waals surface area contributed by atoms with Crippen LogP contribution in [0.15, 0.2) is 42.8 Å². The minimum absolute atomic E-state index is 0.0212. The van der Waals surface area contributed by atoms with E-state index < -0.39 is 49.8 Å². The maximum atomic E-state index is 13.1. The lowest BCUT2D eigenvalue weighted by molar-refractivity contribution is -0.137. The number of benzene rings is 1. The Labute approximate surface area is 315 Å². The number of carboxylic acid groups (broad SMARTS) is 1. The summed E-state index contributed by atoms with van der Waals surface area (Å²) in [5.74, 6) is -1.45. The normalized spacial score (nSPS) is 20.0. The number of allylic oxidation sites excluding steroid dienone is 1. The Hall–Kier alpha value is -4.56. The Morgan fingerprint density at radius 3 is 2.15 bits per heavy atom. The fraction of sp³-hybridized carbons (Fsp3) is 0.559. The van der Waals surface area contributed by atoms with Gasteiger partial charge in [0.15, 0.2) is 0 Å². The van der Waals surface area contributed by atoms with E-state index in [4.69, 9.17) is 16.6 Å². The second-order valence-corrected chi connectivity index (χ2v) is 17.9. The minimum Gasteiger partial charge on any atom is -0.465 e. The fourth-order valence-corrected chi connectivity index (χ4v) is 7.24. The third kappa shape index (κ3) is 14.3. The van der Waals surface area contributed by atoms with Crippen LogP contribution in [-0.2, 0) is 52.3 Å². The third-order valence-electron chi connectivity index (χ3n) is 8.48. The molecule has 0 aromatic heterocycles. The van der Waals surface area contributed by atoms with Crippen LogP contribution in [0.25, 0.3) is 0 Å². The molecule has 2 aliphatic heterocycles. The number of amides is 5. The highest BCUT2D eigenvalue weighted by Crippen LogP contribution is 2.40. The van der Waals surface area contributed by atoms with Gasteiger partial charge in [-0.15, -0.1) is 6.58 Å². The molecule has 5 amide bonds. The molecule has 2 heterocycles. The van der Waals surface area contributed by atoms with Gasteiger partial charge in [-0.25, -0.2) is 35.1 Å². The lowest BCUT2D eigenvalue weighted by Crippen LogP contribution is -2.44. The summed E-state index contributed by atoms with van der Waals surface area (Å²) in [6.45, 7) is 13.1. The van der Waals surface area contributed by atoms with Crippen molar-refractivity contribution in [2.75, 3.05) is 20.1 Å². The van der Waals surface area contributed by atoms with Crippen LogP contribution in [0.2, 0.25) is 0 Å². The van der Waals surface area contributed by atoms with Crippen LogP contribution >= 0.6 is 0 Å². The number of nitrogens with one attached hydrogen (secondary N) is 1. The first kappa shape index (κ1) is 45.6. The van der Waals surface area contributed by atoms with Crippen molar-refractivity contribution >= 4 is 50.0 Å². The maximum absolute atomic E-state index is 13.1. The number of hydrogen-bond acceptors (Lipinski definition) is 10. The van der Waals surface area contributed by atoms with Crippen LogP contribution in [0, 0.1) is 17.7 Å². The van der Waals surface area contributed by atoms with Gasteiger partial charge in [0.05, 0.1) is 11.8 Å². The van der Waals surface area contributed by atoms with E-state index in [1.165, 1.54) is 22.9 Å². The van der Waals surface area contributed by atoms with Gasteiger partial charge in [0.1, 0.15) is 17.5 Å². The number of halogens is 1. The molecular weight excluding hydrogens is 752 g/mol. The molecule has 0 spiro atoms. The summed E-state index contributed by atoms with van der Waals surface area (Å²) in [6, 6.07) is 4.14. The monoisotopic (exact) mass is 802 g/mol. The summed E-state index contributed by atoms with van der Waals surface area (Å²) >= 11 is 0. The third-order valence-corrected chi connectivity index (χ3v) is 11.8. The molecule has 17 nitrogen and oxygen atoms in total. The number of likely N-dealkylation sites (tertiary alicyclic amines) is 1. The number of carbonyl (C=O) groups is 5. The molecule has 302 valence electrons. The van der Waals surface area contributed by atoms with Crippen molar-refractivity contribution in [2.24, 2.45) is 23.3 Å². The van der Waals surface area contributed by atoms with Gasteiger partial charge in [-0.2, -0.15) is 0 Å². The largest absolute Gasteiger partial charge is 0.465 e. The number of hydrogen-bond donors (Lipinski definition) is 4. The van der Waals surface area contributed by atoms with Gasteiger partial charge in [-0.1, -0.05) is 24.8 Å². The predicted molar refractivity (Wildman–Crippen MR) is 196 cm³/mol. The van der Waals surface area contributed by atoms with Crippen molar-refractivity contribution in [3.05, 3.63) is 59.8 Å². The van der Waals surface area contributed by atoms with E-state index in [1.54, 1.807) is 39.0 Å². The zero-order chi connectivity index (χ0) is 41.2. The van der Waals surface area contributed by atoms with Crippen molar-refractivity contribution in [1.82, 2.24) is 18.8 Å². The highest BCUT2D eigenvalue weighted by atomic mass is 32.2. The summed E-state index contributed by atoms with van der Waals surface area (Å²) in [5, 5.41) is 9.19. The Kier molecular flexibility index (Phi) is 16.2. The van der Waals surface area contributed by atoms with Gasteiger partial charge in [0.2, 0.25) is 37.8 Å². The highest BCUT2D eigenvalue weighted by molar-refractivity contribution is 7.92. The number of rotatable bonds is 10. The summed E-state index contributed by atoms with van der Waals surface area (Å²) in [6.07, 6.45) is 3.39. The number of carbonyl (C=O) groups excluding carboxylic acids is 4. The quantitative estimate of drug-likeness (QED) is 0.250. The van der Waals surface area contributed by atoms with E-state index in [2.05, 4.69) is 22.6 Å². The molecule has 4 aliphatic rings. The molecule has 1 aromatic rings. The van der Waals surface area contributed by atoms with E-state index in [0.717, 1.165) is 28.1 Å². The van der Waals surface area contributed by atoms with E-state index in [1.807, 2.05) is 0 Å². The van der Waals surface area contributed by atoms with Crippen molar-refractivity contribution in [3.63, 3.8) is 0 Å². The fourth-order valence-electron chi connectivity index (χ4n) is 5.28. The molecule has 2 aliphatic carbocycles. The van der Waals surface area contributed by atoms with Crippen molar-refractivity contribution in [3.8, 4) is 0 Å². The first-order valence-corrected chi connectivity index (χ1v) is 20.1. The number of primary amides is 2. The van der Waals surface area contributed by atoms with Gasteiger partial charge in [0.25, 0.3) is 0 Å². The van der Waals surface area contributed by atoms with Crippen LogP contribution < -0.4 is 16.2 Å². The van der Waals surface area contributed by atoms with E-state index in [0.29, 0.717) is 37.9 Å². The zero-order valence-corrected chi connectivity index (χ0v) is 32.5. The Balaban J connectivity index is 0.000000259. The lowest BCUT2D eigenvalue weighted by atomic mass is 10.1. The number of nitrogens with zero attached hydrogens (tertiary/aromatic N) is 3. The summed E-state index contributed by atoms with van der Waals surface area (Å²) in [7, 11) is -5.49. The molecule has 3 atom stereocenters. The first-order chi connectivity index (χ1) is 24.9. The molecule has 54 heavy (non-hydrogen) atoms. The maximum Gasteiger partial charge on any atom is 0.407 e. The Morgan fingerprint density at radius 2 is 1.70 bits per heavy atom. The molecule has 5 rings (SSSR count). The SMILES string of the molecule is C=CS(=O)(=O)N(C)CCC(=O)N1CCC[C@H]1C(N)=O.C=C[C@@H]1C[C@@H]1C(=O)NS(=O)(=O)C1CC1.CC(C)(C)OC(N)=O.O=C(O)N1Cc2cccc(F)c2C1. The second kappa shape index (κ2) is 19.2. The molecular formula is C34H51FN6O11S2. The van der Waals surface area contributed by atoms with Gasteiger partial charge >= 0.3 is 12.2 Å². The van der Waals surface area contributed by atoms with Crippen LogP contribution in [0.3, 0.4) is 0 Å². The van der Waals surface area contributed by atoms with Gasteiger partial charge < -0.3 is 26.2 Å². The molecule has 0 unspecified atom stereocenters. The number of fused-ring (bicyclic) bond motifs is 1. The number of ether oxygens (including phenoxy) is 1. The van der Waals surface area contributed by atoms with Crippen molar-refractivity contribution in [1.29, 1.82) is 0 Å². The van der Waals surface area contributed by atoms with Crippen LogP contribution in [0.4, 0.5) is 14.0 Å². The second-order valence-electron chi connectivity index (χ2n) is 13.9. The average Bonchev–Trinajstić information content (AvgIpc) is 3.98. The molecule has 3 fully saturated rings. The van der Waals surface area contributed by atoms with Gasteiger partial charge in [-0.3, -0.25) is 24.0 Å². The Morgan fingerprint density at radius 1 is 1.07 bits per heavy atom. The van der Waals surface area contributed by atoms with Gasteiger partial charge in [-0.05, 0) is 70.4 Å². The summed E-state index contributed by atoms with van der Waals surface area (Å²) in [4.78, 5) is 57.7. The van der Waals surface area contributed by atoms with Crippen molar-refractivity contribution in [2.45, 2.75) is 89.3 Å². The molecule has 20 heteroatoms. The summed E-state index contributed by atoms with van der Waals surface area (Å²) < 4.78 is 66.4. The Bertz CT molecular complexity index is 1800. The summed E-state index contributed by atoms with van der Waals surface area (Å²) in [5.41, 5.74) is 10.8. The predicted octanol–water partition coefficient (Wildman–Crippen LogP) is 2.37. The molecule has 0 radical (unpaired) electrons. The van der Waals surface area contributed by atoms with E-state index in [9.17, 15) is 45.2 Å².